The Balaban J connectivity index is 2.36. The van der Waals surface area contributed by atoms with Crippen molar-refractivity contribution in [1.29, 1.82) is 5.26 Å². The van der Waals surface area contributed by atoms with Crippen LogP contribution in [0.5, 0.6) is 0 Å². The molecule has 3 unspecified atom stereocenters. The average molecular weight is 237 g/mol. The van der Waals surface area contributed by atoms with Gasteiger partial charge in [0.15, 0.2) is 0 Å². The highest BCUT2D eigenvalue weighted by Gasteiger charge is 2.26. The van der Waals surface area contributed by atoms with Crippen molar-refractivity contribution in [2.45, 2.75) is 39.2 Å². The third kappa shape index (κ3) is 4.06. The van der Waals surface area contributed by atoms with Crippen LogP contribution in [0.15, 0.2) is 0 Å². The summed E-state index contributed by atoms with van der Waals surface area (Å²) in [4.78, 5) is 22.7. The summed E-state index contributed by atoms with van der Waals surface area (Å²) in [6.45, 7) is 4.24. The Kier molecular flexibility index (Phi) is 4.95. The number of carbonyl (C=O) groups is 2. The van der Waals surface area contributed by atoms with E-state index >= 15 is 0 Å². The van der Waals surface area contributed by atoms with Gasteiger partial charge in [-0.2, -0.15) is 5.26 Å². The van der Waals surface area contributed by atoms with Gasteiger partial charge in [-0.25, -0.2) is 0 Å². The molecule has 1 rings (SSSR count). The lowest BCUT2D eigenvalue weighted by atomic mass is 9.79. The Hall–Kier alpha value is -1.57. The largest absolute Gasteiger partial charge is 0.345 e. The minimum Gasteiger partial charge on any atom is -0.345 e. The molecule has 0 aromatic heterocycles. The summed E-state index contributed by atoms with van der Waals surface area (Å²) < 4.78 is 0. The Morgan fingerprint density at radius 1 is 1.24 bits per heavy atom. The van der Waals surface area contributed by atoms with Crippen molar-refractivity contribution in [3.8, 4) is 6.07 Å². The molecule has 94 valence electrons. The summed E-state index contributed by atoms with van der Waals surface area (Å²) in [7, 11) is 0. The first-order valence-electron chi connectivity index (χ1n) is 6.00. The second kappa shape index (κ2) is 6.24. The highest BCUT2D eigenvalue weighted by molar-refractivity contribution is 6.35. The predicted molar refractivity (Wildman–Crippen MR) is 62.7 cm³/mol. The van der Waals surface area contributed by atoms with E-state index in [1.165, 1.54) is 0 Å². The molecule has 1 aliphatic rings. The highest BCUT2D eigenvalue weighted by Crippen LogP contribution is 2.29. The Morgan fingerprint density at radius 3 is 2.53 bits per heavy atom. The van der Waals surface area contributed by atoms with Gasteiger partial charge in [-0.15, -0.1) is 0 Å². The van der Waals surface area contributed by atoms with Crippen LogP contribution in [0.1, 0.15) is 33.1 Å². The smallest absolute Gasteiger partial charge is 0.310 e. The molecule has 3 atom stereocenters. The van der Waals surface area contributed by atoms with E-state index < -0.39 is 11.8 Å². The lowest BCUT2D eigenvalue weighted by molar-refractivity contribution is -0.139. The van der Waals surface area contributed by atoms with Crippen LogP contribution >= 0.6 is 0 Å². The molecule has 0 aromatic carbocycles. The van der Waals surface area contributed by atoms with Crippen molar-refractivity contribution in [3.63, 3.8) is 0 Å². The van der Waals surface area contributed by atoms with E-state index in [-0.39, 0.29) is 12.6 Å². The van der Waals surface area contributed by atoms with Gasteiger partial charge in [0.2, 0.25) is 0 Å². The maximum absolute atomic E-state index is 11.5. The molecular formula is C12H19N3O2. The Bertz CT molecular complexity index is 335. The van der Waals surface area contributed by atoms with E-state index in [9.17, 15) is 9.59 Å². The number of hydrogen-bond acceptors (Lipinski definition) is 3. The fraction of sp³-hybridized carbons (Fsp3) is 0.750. The van der Waals surface area contributed by atoms with Crippen LogP contribution in [-0.2, 0) is 9.59 Å². The molecule has 17 heavy (non-hydrogen) atoms. The van der Waals surface area contributed by atoms with Gasteiger partial charge in [0, 0.05) is 6.04 Å². The van der Waals surface area contributed by atoms with Crippen LogP contribution in [0.25, 0.3) is 0 Å². The first-order valence-corrected chi connectivity index (χ1v) is 6.00. The van der Waals surface area contributed by atoms with Crippen molar-refractivity contribution in [2.75, 3.05) is 6.54 Å². The molecule has 0 spiro atoms. The zero-order chi connectivity index (χ0) is 12.8. The molecular weight excluding hydrogens is 218 g/mol. The van der Waals surface area contributed by atoms with Crippen molar-refractivity contribution < 1.29 is 9.59 Å². The first-order chi connectivity index (χ1) is 8.04. The third-order valence-electron chi connectivity index (χ3n) is 3.47. The summed E-state index contributed by atoms with van der Waals surface area (Å²) in [6, 6.07) is 1.84. The molecule has 5 nitrogen and oxygen atoms in total. The summed E-state index contributed by atoms with van der Waals surface area (Å²) in [5.41, 5.74) is 0. The number of hydrogen-bond donors (Lipinski definition) is 2. The lowest BCUT2D eigenvalue weighted by Gasteiger charge is -2.32. The van der Waals surface area contributed by atoms with Crippen LogP contribution in [-0.4, -0.2) is 24.4 Å². The lowest BCUT2D eigenvalue weighted by Crippen LogP contribution is -2.46. The molecule has 2 N–H and O–H groups in total. The average Bonchev–Trinajstić information content (AvgIpc) is 2.30. The molecule has 0 radical (unpaired) electrons. The van der Waals surface area contributed by atoms with E-state index in [1.807, 2.05) is 0 Å². The van der Waals surface area contributed by atoms with Gasteiger partial charge in [0.1, 0.15) is 6.54 Å². The Morgan fingerprint density at radius 2 is 1.94 bits per heavy atom. The van der Waals surface area contributed by atoms with Gasteiger partial charge in [-0.05, 0) is 31.1 Å². The number of nitrogens with zero attached hydrogens (tertiary/aromatic N) is 1. The fourth-order valence-corrected chi connectivity index (χ4v) is 2.13. The molecule has 0 aliphatic heterocycles. The molecule has 0 heterocycles. The number of carbonyl (C=O) groups excluding carboxylic acids is 2. The van der Waals surface area contributed by atoms with Crippen molar-refractivity contribution in [1.82, 2.24) is 10.6 Å². The molecule has 1 aliphatic carbocycles. The zero-order valence-electron chi connectivity index (χ0n) is 10.3. The molecule has 1 saturated carbocycles. The monoisotopic (exact) mass is 237 g/mol. The second-order valence-corrected chi connectivity index (χ2v) is 4.78. The SMILES string of the molecule is CC1CCC(NC(=O)C(=O)NCC#N)CC1C. The van der Waals surface area contributed by atoms with Gasteiger partial charge in [-0.3, -0.25) is 9.59 Å². The van der Waals surface area contributed by atoms with Gasteiger partial charge in [0.25, 0.3) is 0 Å². The predicted octanol–water partition coefficient (Wildman–Crippen LogP) is 0.567. The van der Waals surface area contributed by atoms with Gasteiger partial charge >= 0.3 is 11.8 Å². The minimum atomic E-state index is -0.724. The maximum atomic E-state index is 11.5. The van der Waals surface area contributed by atoms with E-state index in [4.69, 9.17) is 5.26 Å². The van der Waals surface area contributed by atoms with Crippen molar-refractivity contribution >= 4 is 11.8 Å². The molecule has 0 saturated heterocycles. The van der Waals surface area contributed by atoms with E-state index in [1.54, 1.807) is 6.07 Å². The van der Waals surface area contributed by atoms with Crippen molar-refractivity contribution in [2.24, 2.45) is 11.8 Å². The van der Waals surface area contributed by atoms with E-state index in [0.717, 1.165) is 19.3 Å². The second-order valence-electron chi connectivity index (χ2n) is 4.78. The number of amides is 2. The van der Waals surface area contributed by atoms with Crippen LogP contribution in [0.2, 0.25) is 0 Å². The minimum absolute atomic E-state index is 0.0848. The zero-order valence-corrected chi connectivity index (χ0v) is 10.3. The normalized spacial score (nSPS) is 27.9. The third-order valence-corrected chi connectivity index (χ3v) is 3.47. The van der Waals surface area contributed by atoms with Gasteiger partial charge < -0.3 is 10.6 Å². The fourth-order valence-electron chi connectivity index (χ4n) is 2.13. The molecule has 0 aromatic rings. The summed E-state index contributed by atoms with van der Waals surface area (Å²) in [6.07, 6.45) is 2.91. The van der Waals surface area contributed by atoms with Crippen LogP contribution in [0, 0.1) is 23.2 Å². The highest BCUT2D eigenvalue weighted by atomic mass is 16.2. The van der Waals surface area contributed by atoms with E-state index in [2.05, 4.69) is 24.5 Å². The van der Waals surface area contributed by atoms with Gasteiger partial charge in [0.05, 0.1) is 6.07 Å². The standard InChI is InChI=1S/C12H19N3O2/c1-8-3-4-10(7-9(8)2)15-12(17)11(16)14-6-5-13/h8-10H,3-4,6-7H2,1-2H3,(H,14,16)(H,15,17). The summed E-state index contributed by atoms with van der Waals surface area (Å²) in [5, 5.41) is 13.2. The number of nitrogens with one attached hydrogen (secondary N) is 2. The number of nitriles is 1. The van der Waals surface area contributed by atoms with Crippen LogP contribution in [0.4, 0.5) is 0 Å². The topological polar surface area (TPSA) is 82.0 Å². The van der Waals surface area contributed by atoms with Gasteiger partial charge in [-0.1, -0.05) is 13.8 Å². The first kappa shape index (κ1) is 13.5. The molecule has 0 bridgehead atoms. The van der Waals surface area contributed by atoms with Crippen LogP contribution < -0.4 is 10.6 Å². The summed E-state index contributed by atoms with van der Waals surface area (Å²) in [5.74, 6) is -0.114. The molecule has 5 heteroatoms. The molecule has 2 amide bonds. The summed E-state index contributed by atoms with van der Waals surface area (Å²) >= 11 is 0. The Labute approximate surface area is 102 Å². The maximum Gasteiger partial charge on any atom is 0.310 e. The molecule has 1 fully saturated rings. The van der Waals surface area contributed by atoms with E-state index in [0.29, 0.717) is 11.8 Å². The number of rotatable bonds is 2. The van der Waals surface area contributed by atoms with Crippen molar-refractivity contribution in [3.05, 3.63) is 0 Å². The quantitative estimate of drug-likeness (QED) is 0.544. The van der Waals surface area contributed by atoms with Crippen LogP contribution in [0.3, 0.4) is 0 Å².